The number of methoxy groups -OCH3 is 1. The van der Waals surface area contributed by atoms with E-state index in [0.29, 0.717) is 12.5 Å². The molecular formula is C15H22N2O2. The van der Waals surface area contributed by atoms with E-state index in [0.717, 1.165) is 30.9 Å². The summed E-state index contributed by atoms with van der Waals surface area (Å²) in [5.41, 5.74) is 0.960. The molecule has 0 aliphatic carbocycles. The monoisotopic (exact) mass is 262 g/mol. The van der Waals surface area contributed by atoms with Crippen LogP contribution in [0.1, 0.15) is 12.5 Å². The molecule has 1 amide bonds. The molecule has 0 N–H and O–H groups in total. The van der Waals surface area contributed by atoms with Gasteiger partial charge in [-0.2, -0.15) is 0 Å². The highest BCUT2D eigenvalue weighted by molar-refractivity contribution is 5.79. The highest BCUT2D eigenvalue weighted by Crippen LogP contribution is 2.19. The van der Waals surface area contributed by atoms with E-state index >= 15 is 0 Å². The van der Waals surface area contributed by atoms with E-state index in [1.54, 1.807) is 7.11 Å². The Bertz CT molecular complexity index is 448. The summed E-state index contributed by atoms with van der Waals surface area (Å²) >= 11 is 0. The van der Waals surface area contributed by atoms with Gasteiger partial charge in [0.05, 0.1) is 13.5 Å². The molecule has 0 aromatic heterocycles. The highest BCUT2D eigenvalue weighted by Gasteiger charge is 2.24. The smallest absolute Gasteiger partial charge is 0.227 e. The number of hydrogen-bond acceptors (Lipinski definition) is 3. The van der Waals surface area contributed by atoms with Crippen LogP contribution in [0.2, 0.25) is 0 Å². The van der Waals surface area contributed by atoms with Crippen LogP contribution in [0.5, 0.6) is 5.75 Å². The van der Waals surface area contributed by atoms with Crippen molar-refractivity contribution in [3.8, 4) is 5.75 Å². The molecule has 1 aliphatic rings. The van der Waals surface area contributed by atoms with Gasteiger partial charge in [-0.05, 0) is 20.0 Å². The summed E-state index contributed by atoms with van der Waals surface area (Å²) in [6.07, 6.45) is 0.417. The number of carbonyl (C=O) groups excluding carboxylic acids is 1. The van der Waals surface area contributed by atoms with E-state index < -0.39 is 0 Å². The van der Waals surface area contributed by atoms with Crippen molar-refractivity contribution in [2.24, 2.45) is 0 Å². The summed E-state index contributed by atoms with van der Waals surface area (Å²) in [7, 11) is 3.74. The van der Waals surface area contributed by atoms with Crippen molar-refractivity contribution in [1.82, 2.24) is 9.80 Å². The van der Waals surface area contributed by atoms with Crippen molar-refractivity contribution < 1.29 is 9.53 Å². The molecular weight excluding hydrogens is 240 g/mol. The fourth-order valence-corrected chi connectivity index (χ4v) is 2.40. The summed E-state index contributed by atoms with van der Waals surface area (Å²) in [6.45, 7) is 4.72. The van der Waals surface area contributed by atoms with Gasteiger partial charge in [0, 0.05) is 31.2 Å². The second-order valence-corrected chi connectivity index (χ2v) is 5.16. The van der Waals surface area contributed by atoms with E-state index in [1.807, 2.05) is 29.2 Å². The molecule has 1 atom stereocenters. The van der Waals surface area contributed by atoms with Gasteiger partial charge in [0.2, 0.25) is 5.91 Å². The molecule has 0 spiro atoms. The first-order chi connectivity index (χ1) is 9.11. The van der Waals surface area contributed by atoms with Crippen LogP contribution in [-0.4, -0.2) is 55.5 Å². The number of likely N-dealkylation sites (N-methyl/N-ethyl adjacent to an activating group) is 1. The first-order valence-electron chi connectivity index (χ1n) is 6.71. The predicted octanol–water partition coefficient (Wildman–Crippen LogP) is 1.40. The Morgan fingerprint density at radius 3 is 2.79 bits per heavy atom. The Morgan fingerprint density at radius 1 is 1.37 bits per heavy atom. The molecule has 19 heavy (non-hydrogen) atoms. The normalized spacial score (nSPS) is 20.4. The van der Waals surface area contributed by atoms with E-state index in [9.17, 15) is 4.79 Å². The molecule has 104 valence electrons. The molecule has 1 fully saturated rings. The zero-order valence-electron chi connectivity index (χ0n) is 11.9. The predicted molar refractivity (Wildman–Crippen MR) is 75.4 cm³/mol. The summed E-state index contributed by atoms with van der Waals surface area (Å²) in [5.74, 6) is 0.975. The minimum atomic E-state index is 0.185. The highest BCUT2D eigenvalue weighted by atomic mass is 16.5. The molecule has 4 nitrogen and oxygen atoms in total. The van der Waals surface area contributed by atoms with E-state index in [2.05, 4.69) is 18.9 Å². The van der Waals surface area contributed by atoms with Gasteiger partial charge in [0.1, 0.15) is 5.75 Å². The van der Waals surface area contributed by atoms with Crippen molar-refractivity contribution in [3.63, 3.8) is 0 Å². The summed E-state index contributed by atoms with van der Waals surface area (Å²) in [6, 6.07) is 8.14. The lowest BCUT2D eigenvalue weighted by atomic mass is 10.1. The number of carbonyl (C=O) groups is 1. The maximum atomic E-state index is 12.3. The van der Waals surface area contributed by atoms with Crippen LogP contribution in [0, 0.1) is 0 Å². The van der Waals surface area contributed by atoms with Gasteiger partial charge >= 0.3 is 0 Å². The standard InChI is InChI=1S/C15H22N2O2/c1-12-11-17(9-8-16(12)2)15(18)10-13-6-4-5-7-14(13)19-3/h4-7,12H,8-11H2,1-3H3. The SMILES string of the molecule is COc1ccccc1CC(=O)N1CCN(C)C(C)C1. The fourth-order valence-electron chi connectivity index (χ4n) is 2.40. The Balaban J connectivity index is 2.01. The summed E-state index contributed by atoms with van der Waals surface area (Å²) in [5, 5.41) is 0. The lowest BCUT2D eigenvalue weighted by Crippen LogP contribution is -2.52. The van der Waals surface area contributed by atoms with Crippen LogP contribution >= 0.6 is 0 Å². The van der Waals surface area contributed by atoms with Gasteiger partial charge in [0.15, 0.2) is 0 Å². The van der Waals surface area contributed by atoms with E-state index in [1.165, 1.54) is 0 Å². The van der Waals surface area contributed by atoms with Crippen LogP contribution < -0.4 is 4.74 Å². The zero-order valence-corrected chi connectivity index (χ0v) is 11.9. The average Bonchev–Trinajstić information content (AvgIpc) is 2.42. The van der Waals surface area contributed by atoms with Crippen LogP contribution in [0.4, 0.5) is 0 Å². The molecule has 1 saturated heterocycles. The van der Waals surface area contributed by atoms with Gasteiger partial charge in [0.25, 0.3) is 0 Å². The number of rotatable bonds is 3. The molecule has 0 saturated carbocycles. The minimum absolute atomic E-state index is 0.185. The first-order valence-corrected chi connectivity index (χ1v) is 6.71. The molecule has 0 bridgehead atoms. The van der Waals surface area contributed by atoms with Gasteiger partial charge in [-0.15, -0.1) is 0 Å². The van der Waals surface area contributed by atoms with Gasteiger partial charge in [-0.25, -0.2) is 0 Å². The molecule has 1 aromatic rings. The lowest BCUT2D eigenvalue weighted by Gasteiger charge is -2.37. The van der Waals surface area contributed by atoms with Crippen LogP contribution in [0.25, 0.3) is 0 Å². The fraction of sp³-hybridized carbons (Fsp3) is 0.533. The number of hydrogen-bond donors (Lipinski definition) is 0. The lowest BCUT2D eigenvalue weighted by molar-refractivity contribution is -0.133. The molecule has 1 aliphatic heterocycles. The first kappa shape index (κ1) is 13.9. The largest absolute Gasteiger partial charge is 0.496 e. The summed E-state index contributed by atoms with van der Waals surface area (Å²) in [4.78, 5) is 16.6. The zero-order chi connectivity index (χ0) is 13.8. The van der Waals surface area contributed by atoms with Crippen LogP contribution in [0.3, 0.4) is 0 Å². The van der Waals surface area contributed by atoms with E-state index in [4.69, 9.17) is 4.74 Å². The number of nitrogens with zero attached hydrogens (tertiary/aromatic N) is 2. The third-order valence-corrected chi connectivity index (χ3v) is 3.85. The number of ether oxygens (including phenoxy) is 1. The Morgan fingerprint density at radius 2 is 2.11 bits per heavy atom. The Kier molecular flexibility index (Phi) is 4.43. The second kappa shape index (κ2) is 6.06. The van der Waals surface area contributed by atoms with Crippen LogP contribution in [-0.2, 0) is 11.2 Å². The van der Waals surface area contributed by atoms with Gasteiger partial charge < -0.3 is 14.5 Å². The Hall–Kier alpha value is -1.55. The molecule has 2 rings (SSSR count). The van der Waals surface area contributed by atoms with Crippen molar-refractivity contribution in [2.75, 3.05) is 33.8 Å². The molecule has 0 radical (unpaired) electrons. The number of amides is 1. The van der Waals surface area contributed by atoms with Crippen molar-refractivity contribution in [3.05, 3.63) is 29.8 Å². The van der Waals surface area contributed by atoms with Crippen LogP contribution in [0.15, 0.2) is 24.3 Å². The average molecular weight is 262 g/mol. The molecule has 1 unspecified atom stereocenters. The number of para-hydroxylation sites is 1. The Labute approximate surface area is 115 Å². The van der Waals surface area contributed by atoms with Crippen molar-refractivity contribution >= 4 is 5.91 Å². The summed E-state index contributed by atoms with van der Waals surface area (Å²) < 4.78 is 5.29. The minimum Gasteiger partial charge on any atom is -0.496 e. The molecule has 1 aromatic carbocycles. The molecule has 4 heteroatoms. The quantitative estimate of drug-likeness (QED) is 0.825. The van der Waals surface area contributed by atoms with E-state index in [-0.39, 0.29) is 5.91 Å². The maximum Gasteiger partial charge on any atom is 0.227 e. The topological polar surface area (TPSA) is 32.8 Å². The second-order valence-electron chi connectivity index (χ2n) is 5.16. The third-order valence-electron chi connectivity index (χ3n) is 3.85. The van der Waals surface area contributed by atoms with Gasteiger partial charge in [-0.3, -0.25) is 4.79 Å². The molecule has 1 heterocycles. The third kappa shape index (κ3) is 3.26. The van der Waals surface area contributed by atoms with Gasteiger partial charge in [-0.1, -0.05) is 18.2 Å². The van der Waals surface area contributed by atoms with Crippen molar-refractivity contribution in [1.29, 1.82) is 0 Å². The number of piperazine rings is 1. The van der Waals surface area contributed by atoms with Crippen molar-refractivity contribution in [2.45, 2.75) is 19.4 Å². The maximum absolute atomic E-state index is 12.3. The number of benzene rings is 1.